The highest BCUT2D eigenvalue weighted by molar-refractivity contribution is 6.32. The third-order valence-corrected chi connectivity index (χ3v) is 4.50. The molecule has 0 radical (unpaired) electrons. The van der Waals surface area contributed by atoms with Gasteiger partial charge in [-0.2, -0.15) is 10.4 Å². The van der Waals surface area contributed by atoms with Gasteiger partial charge in [-0.1, -0.05) is 11.6 Å². The van der Waals surface area contributed by atoms with Crippen LogP contribution in [0.15, 0.2) is 36.7 Å². The molecule has 0 saturated heterocycles. The smallest absolute Gasteiger partial charge is 0.240 e. The van der Waals surface area contributed by atoms with Crippen LogP contribution in [-0.4, -0.2) is 27.8 Å². The van der Waals surface area contributed by atoms with Gasteiger partial charge in [-0.25, -0.2) is 4.68 Å². The van der Waals surface area contributed by atoms with E-state index >= 15 is 0 Å². The van der Waals surface area contributed by atoms with E-state index in [0.29, 0.717) is 5.02 Å². The molecule has 124 valence electrons. The molecule has 6 nitrogen and oxygen atoms in total. The Morgan fingerprint density at radius 1 is 1.42 bits per heavy atom. The molecular formula is C17H18ClN5O. The average Bonchev–Trinajstić information content (AvgIpc) is 3.25. The SMILES string of the molecule is N#CC1(NC(=O)CNc2ccc(-n3cccn3)c(Cl)c2)CCCC1. The van der Waals surface area contributed by atoms with E-state index in [9.17, 15) is 10.1 Å². The number of carbonyl (C=O) groups is 1. The summed E-state index contributed by atoms with van der Waals surface area (Å²) in [6, 6.07) is 9.50. The van der Waals surface area contributed by atoms with Gasteiger partial charge >= 0.3 is 0 Å². The van der Waals surface area contributed by atoms with Crippen LogP contribution in [0, 0.1) is 11.3 Å². The molecule has 2 aromatic rings. The number of nitrogens with one attached hydrogen (secondary N) is 2. The van der Waals surface area contributed by atoms with Crippen molar-refractivity contribution < 1.29 is 4.79 Å². The quantitative estimate of drug-likeness (QED) is 0.874. The zero-order valence-corrected chi connectivity index (χ0v) is 13.9. The number of carbonyl (C=O) groups excluding carboxylic acids is 1. The van der Waals surface area contributed by atoms with Crippen LogP contribution in [0.1, 0.15) is 25.7 Å². The number of aromatic nitrogens is 2. The number of nitrogens with zero attached hydrogens (tertiary/aromatic N) is 3. The topological polar surface area (TPSA) is 82.7 Å². The Morgan fingerprint density at radius 2 is 2.21 bits per heavy atom. The van der Waals surface area contributed by atoms with Crippen LogP contribution in [-0.2, 0) is 4.79 Å². The standard InChI is InChI=1S/C17H18ClN5O/c18-14-10-13(4-5-15(14)23-9-3-8-21-23)20-11-16(24)22-17(12-19)6-1-2-7-17/h3-5,8-10,20H,1-2,6-7,11H2,(H,22,24). The largest absolute Gasteiger partial charge is 0.376 e. The third-order valence-electron chi connectivity index (χ3n) is 4.20. The van der Waals surface area contributed by atoms with E-state index in [-0.39, 0.29) is 12.5 Å². The fourth-order valence-electron chi connectivity index (χ4n) is 2.95. The minimum Gasteiger partial charge on any atom is -0.376 e. The lowest BCUT2D eigenvalue weighted by atomic mass is 10.00. The zero-order chi connectivity index (χ0) is 17.0. The molecule has 1 aliphatic carbocycles. The molecule has 7 heteroatoms. The monoisotopic (exact) mass is 343 g/mol. The second-order valence-corrected chi connectivity index (χ2v) is 6.33. The van der Waals surface area contributed by atoms with E-state index in [4.69, 9.17) is 11.6 Å². The van der Waals surface area contributed by atoms with Gasteiger partial charge in [0.1, 0.15) is 5.54 Å². The molecule has 1 amide bonds. The van der Waals surface area contributed by atoms with Gasteiger partial charge < -0.3 is 10.6 Å². The molecule has 1 aromatic heterocycles. The fraction of sp³-hybridized carbons (Fsp3) is 0.353. The number of halogens is 1. The predicted octanol–water partition coefficient (Wildman–Crippen LogP) is 2.89. The van der Waals surface area contributed by atoms with Crippen molar-refractivity contribution in [2.45, 2.75) is 31.2 Å². The lowest BCUT2D eigenvalue weighted by Crippen LogP contribution is -2.47. The number of rotatable bonds is 5. The molecule has 0 bridgehead atoms. The van der Waals surface area contributed by atoms with Gasteiger partial charge in [0.05, 0.1) is 23.3 Å². The Balaban J connectivity index is 1.60. The highest BCUT2D eigenvalue weighted by Gasteiger charge is 2.35. The Hall–Kier alpha value is -2.52. The summed E-state index contributed by atoms with van der Waals surface area (Å²) >= 11 is 6.27. The number of hydrogen-bond acceptors (Lipinski definition) is 4. The molecule has 1 aromatic carbocycles. The van der Waals surface area contributed by atoms with Crippen molar-refractivity contribution in [1.29, 1.82) is 5.26 Å². The summed E-state index contributed by atoms with van der Waals surface area (Å²) in [6.45, 7) is 0.0981. The second kappa shape index (κ2) is 6.93. The van der Waals surface area contributed by atoms with E-state index in [0.717, 1.165) is 37.1 Å². The van der Waals surface area contributed by atoms with Crippen LogP contribution in [0.5, 0.6) is 0 Å². The van der Waals surface area contributed by atoms with Crippen molar-refractivity contribution in [3.8, 4) is 11.8 Å². The normalized spacial score (nSPS) is 15.7. The minimum atomic E-state index is -0.694. The minimum absolute atomic E-state index is 0.0981. The summed E-state index contributed by atoms with van der Waals surface area (Å²) in [5.74, 6) is -0.189. The Kier molecular flexibility index (Phi) is 4.72. The first-order chi connectivity index (χ1) is 11.6. The molecule has 3 rings (SSSR count). The molecule has 0 aliphatic heterocycles. The lowest BCUT2D eigenvalue weighted by molar-refractivity contribution is -0.120. The number of anilines is 1. The molecular weight excluding hydrogens is 326 g/mol. The molecule has 1 aliphatic rings. The van der Waals surface area contributed by atoms with E-state index in [2.05, 4.69) is 21.8 Å². The fourth-order valence-corrected chi connectivity index (χ4v) is 3.22. The van der Waals surface area contributed by atoms with Crippen molar-refractivity contribution >= 4 is 23.2 Å². The van der Waals surface area contributed by atoms with Gasteiger partial charge in [0.2, 0.25) is 5.91 Å². The van der Waals surface area contributed by atoms with E-state index in [1.807, 2.05) is 24.4 Å². The number of amides is 1. The van der Waals surface area contributed by atoms with E-state index in [1.54, 1.807) is 16.9 Å². The maximum Gasteiger partial charge on any atom is 0.240 e. The van der Waals surface area contributed by atoms with Crippen LogP contribution in [0.3, 0.4) is 0 Å². The van der Waals surface area contributed by atoms with Crippen molar-refractivity contribution in [3.05, 3.63) is 41.7 Å². The number of nitriles is 1. The molecule has 0 atom stereocenters. The Bertz CT molecular complexity index is 760. The second-order valence-electron chi connectivity index (χ2n) is 5.92. The maximum atomic E-state index is 12.1. The molecule has 1 heterocycles. The first-order valence-electron chi connectivity index (χ1n) is 7.88. The van der Waals surface area contributed by atoms with Gasteiger partial charge in [0.25, 0.3) is 0 Å². The van der Waals surface area contributed by atoms with Crippen molar-refractivity contribution in [1.82, 2.24) is 15.1 Å². The highest BCUT2D eigenvalue weighted by atomic mass is 35.5. The van der Waals surface area contributed by atoms with E-state index < -0.39 is 5.54 Å². The summed E-state index contributed by atoms with van der Waals surface area (Å²) in [6.07, 6.45) is 6.89. The van der Waals surface area contributed by atoms with Crippen LogP contribution in [0.2, 0.25) is 5.02 Å². The first kappa shape index (κ1) is 16.3. The van der Waals surface area contributed by atoms with Crippen molar-refractivity contribution in [2.24, 2.45) is 0 Å². The molecule has 2 N–H and O–H groups in total. The summed E-state index contributed by atoms with van der Waals surface area (Å²) in [4.78, 5) is 12.1. The van der Waals surface area contributed by atoms with Crippen LogP contribution >= 0.6 is 11.6 Å². The van der Waals surface area contributed by atoms with Crippen molar-refractivity contribution in [3.63, 3.8) is 0 Å². The Labute approximate surface area is 145 Å². The zero-order valence-electron chi connectivity index (χ0n) is 13.1. The van der Waals surface area contributed by atoms with Gasteiger partial charge in [0, 0.05) is 18.1 Å². The third kappa shape index (κ3) is 3.52. The maximum absolute atomic E-state index is 12.1. The van der Waals surface area contributed by atoms with Crippen LogP contribution in [0.25, 0.3) is 5.69 Å². The van der Waals surface area contributed by atoms with Gasteiger partial charge in [0.15, 0.2) is 0 Å². The first-order valence-corrected chi connectivity index (χ1v) is 8.25. The van der Waals surface area contributed by atoms with Crippen LogP contribution in [0.4, 0.5) is 5.69 Å². The lowest BCUT2D eigenvalue weighted by Gasteiger charge is -2.22. The predicted molar refractivity (Wildman–Crippen MR) is 92.0 cm³/mol. The van der Waals surface area contributed by atoms with E-state index in [1.165, 1.54) is 0 Å². The van der Waals surface area contributed by atoms with Crippen LogP contribution < -0.4 is 10.6 Å². The number of benzene rings is 1. The van der Waals surface area contributed by atoms with Gasteiger partial charge in [-0.05, 0) is 49.9 Å². The molecule has 1 saturated carbocycles. The average molecular weight is 344 g/mol. The highest BCUT2D eigenvalue weighted by Crippen LogP contribution is 2.29. The molecule has 24 heavy (non-hydrogen) atoms. The Morgan fingerprint density at radius 3 is 2.83 bits per heavy atom. The molecule has 0 unspecified atom stereocenters. The summed E-state index contributed by atoms with van der Waals surface area (Å²) in [7, 11) is 0. The van der Waals surface area contributed by atoms with Gasteiger partial charge in [-0.3, -0.25) is 4.79 Å². The van der Waals surface area contributed by atoms with Crippen molar-refractivity contribution in [2.75, 3.05) is 11.9 Å². The summed E-state index contributed by atoms with van der Waals surface area (Å²) < 4.78 is 1.68. The summed E-state index contributed by atoms with van der Waals surface area (Å²) in [5, 5.41) is 19.9. The molecule has 1 fully saturated rings. The van der Waals surface area contributed by atoms with Gasteiger partial charge in [-0.15, -0.1) is 0 Å². The summed E-state index contributed by atoms with van der Waals surface area (Å²) in [5.41, 5.74) is 0.815. The number of hydrogen-bond donors (Lipinski definition) is 2. The molecule has 0 spiro atoms.